The number of ether oxygens (including phenoxy) is 2. The fourth-order valence-electron chi connectivity index (χ4n) is 6.17. The van der Waals surface area contributed by atoms with Crippen molar-refractivity contribution in [3.8, 4) is 22.3 Å². The molecule has 7 rings (SSSR count). The zero-order valence-corrected chi connectivity index (χ0v) is 32.9. The maximum absolute atomic E-state index is 15.0. The molecule has 2 amide bonds. The van der Waals surface area contributed by atoms with E-state index in [2.05, 4.69) is 0 Å². The number of amides is 2. The highest BCUT2D eigenvalue weighted by atomic mass is 31.2. The van der Waals surface area contributed by atoms with E-state index in [4.69, 9.17) is 23.2 Å². The van der Waals surface area contributed by atoms with Crippen LogP contribution in [0.25, 0.3) is 22.3 Å². The number of rotatable bonds is 16. The minimum atomic E-state index is -4.96. The first-order valence-electron chi connectivity index (χ1n) is 18.9. The van der Waals surface area contributed by atoms with Crippen molar-refractivity contribution in [3.63, 3.8) is 0 Å². The Morgan fingerprint density at radius 2 is 0.797 bits per heavy atom. The van der Waals surface area contributed by atoms with Gasteiger partial charge in [0.15, 0.2) is 0 Å². The molecule has 0 saturated carbocycles. The Labute approximate surface area is 343 Å². The van der Waals surface area contributed by atoms with E-state index in [1.165, 1.54) is 0 Å². The standard InChI is InChI=1S/C48H41N2O8P/c51-47(54-36-41-26-16-18-32-45(41)39-22-8-2-9-23-39)49(43-28-12-4-13-29-43)57-59(53,56-35-34-38-20-6-1-7-21-38)58-50(44-30-14-5-15-31-44)48(52)55-37-42-27-17-19-33-46(42)40-24-10-3-11-25-40/h1-33H,34-37H2. The van der Waals surface area contributed by atoms with Crippen LogP contribution in [0.3, 0.4) is 0 Å². The van der Waals surface area contributed by atoms with E-state index in [0.717, 1.165) is 38.9 Å². The Morgan fingerprint density at radius 3 is 1.22 bits per heavy atom. The average Bonchev–Trinajstić information content (AvgIpc) is 3.30. The van der Waals surface area contributed by atoms with Gasteiger partial charge in [-0.05, 0) is 69.6 Å². The minimum absolute atomic E-state index is 0.149. The quantitative estimate of drug-likeness (QED) is 0.0702. The van der Waals surface area contributed by atoms with Crippen molar-refractivity contribution in [1.82, 2.24) is 0 Å². The number of phosphoric acid groups is 1. The molecule has 0 aliphatic rings. The molecule has 0 aliphatic heterocycles. The Hall–Kier alpha value is -6.81. The predicted molar refractivity (Wildman–Crippen MR) is 228 cm³/mol. The summed E-state index contributed by atoms with van der Waals surface area (Å²) in [4.78, 5) is 28.2. The second-order valence-electron chi connectivity index (χ2n) is 13.1. The van der Waals surface area contributed by atoms with Gasteiger partial charge in [-0.25, -0.2) is 14.2 Å². The lowest BCUT2D eigenvalue weighted by molar-refractivity contribution is 0.0677. The van der Waals surface area contributed by atoms with Gasteiger partial charge in [0.1, 0.15) is 13.2 Å². The summed E-state index contributed by atoms with van der Waals surface area (Å²) in [5.74, 6) is 0. The summed E-state index contributed by atoms with van der Waals surface area (Å²) in [5, 5.41) is 1.41. The molecule has 0 unspecified atom stereocenters. The molecule has 0 radical (unpaired) electrons. The number of anilines is 2. The molecule has 0 aliphatic carbocycles. The van der Waals surface area contributed by atoms with Gasteiger partial charge in [-0.15, -0.1) is 10.1 Å². The van der Waals surface area contributed by atoms with Gasteiger partial charge in [0.05, 0.1) is 18.0 Å². The number of para-hydroxylation sites is 2. The molecule has 0 N–H and O–H groups in total. The van der Waals surface area contributed by atoms with Crippen molar-refractivity contribution in [3.05, 3.63) is 217 Å². The zero-order chi connectivity index (χ0) is 40.7. The first-order chi connectivity index (χ1) is 29.0. The molecule has 0 saturated heterocycles. The van der Waals surface area contributed by atoms with Crippen molar-refractivity contribution >= 4 is 31.4 Å². The summed E-state index contributed by atoms with van der Waals surface area (Å²) in [6.07, 6.45) is -1.72. The van der Waals surface area contributed by atoms with Gasteiger partial charge in [-0.1, -0.05) is 176 Å². The highest BCUT2D eigenvalue weighted by Gasteiger charge is 2.40. The molecule has 0 atom stereocenters. The molecule has 0 bridgehead atoms. The normalized spacial score (nSPS) is 11.1. The fourth-order valence-corrected chi connectivity index (χ4v) is 7.33. The van der Waals surface area contributed by atoms with E-state index in [1.54, 1.807) is 60.7 Å². The van der Waals surface area contributed by atoms with Gasteiger partial charge in [-0.2, -0.15) is 9.25 Å². The number of hydroxylamine groups is 2. The van der Waals surface area contributed by atoms with Crippen molar-refractivity contribution in [1.29, 1.82) is 0 Å². The molecular weight excluding hydrogens is 764 g/mol. The highest BCUT2D eigenvalue weighted by Crippen LogP contribution is 2.53. The fraction of sp³-hybridized carbons (Fsp3) is 0.0833. The molecule has 0 heterocycles. The molecule has 0 spiro atoms. The SMILES string of the molecule is O=C(OCc1ccccc1-c1ccccc1)N(OP(=O)(OCCc1ccccc1)ON(C(=O)OCc1ccccc1-c1ccccc1)c1ccccc1)c1ccccc1. The molecule has 296 valence electrons. The van der Waals surface area contributed by atoms with Crippen molar-refractivity contribution in [2.45, 2.75) is 19.6 Å². The van der Waals surface area contributed by atoms with E-state index in [1.807, 2.05) is 140 Å². The number of nitrogens with zero attached hydrogens (tertiary/aromatic N) is 2. The Bertz CT molecular complexity index is 2310. The Balaban J connectivity index is 1.17. The van der Waals surface area contributed by atoms with Crippen LogP contribution in [0.15, 0.2) is 200 Å². The van der Waals surface area contributed by atoms with Crippen LogP contribution in [0.1, 0.15) is 16.7 Å². The molecule has 11 heteroatoms. The molecular formula is C48H41N2O8P. The summed E-state index contributed by atoms with van der Waals surface area (Å²) >= 11 is 0. The minimum Gasteiger partial charge on any atom is -0.443 e. The van der Waals surface area contributed by atoms with E-state index in [0.29, 0.717) is 16.5 Å². The van der Waals surface area contributed by atoms with E-state index < -0.39 is 20.0 Å². The van der Waals surface area contributed by atoms with Crippen LogP contribution in [0.4, 0.5) is 21.0 Å². The van der Waals surface area contributed by atoms with Gasteiger partial charge in [0.25, 0.3) is 0 Å². The second kappa shape index (κ2) is 20.1. The lowest BCUT2D eigenvalue weighted by Crippen LogP contribution is -2.35. The van der Waals surface area contributed by atoms with Crippen LogP contribution in [0.2, 0.25) is 0 Å². The third-order valence-corrected chi connectivity index (χ3v) is 10.3. The monoisotopic (exact) mass is 804 g/mol. The van der Waals surface area contributed by atoms with Crippen molar-refractivity contribution in [2.24, 2.45) is 0 Å². The molecule has 0 fully saturated rings. The van der Waals surface area contributed by atoms with Gasteiger partial charge < -0.3 is 9.47 Å². The van der Waals surface area contributed by atoms with Crippen molar-refractivity contribution in [2.75, 3.05) is 16.7 Å². The maximum atomic E-state index is 15.0. The third-order valence-electron chi connectivity index (χ3n) is 9.07. The number of carbonyl (C=O) groups excluding carboxylic acids is 2. The molecule has 59 heavy (non-hydrogen) atoms. The van der Waals surface area contributed by atoms with Crippen LogP contribution in [0, 0.1) is 0 Å². The smallest absolute Gasteiger partial charge is 0.443 e. The van der Waals surface area contributed by atoms with Gasteiger partial charge in [0, 0.05) is 0 Å². The number of benzene rings is 7. The molecule has 10 nitrogen and oxygen atoms in total. The van der Waals surface area contributed by atoms with Gasteiger partial charge in [0.2, 0.25) is 0 Å². The van der Waals surface area contributed by atoms with Gasteiger partial charge >= 0.3 is 20.0 Å². The summed E-state index contributed by atoms with van der Waals surface area (Å²) < 4.78 is 44.6. The zero-order valence-electron chi connectivity index (χ0n) is 32.0. The second-order valence-corrected chi connectivity index (χ2v) is 14.6. The molecule has 7 aromatic rings. The third kappa shape index (κ3) is 11.0. The van der Waals surface area contributed by atoms with Crippen LogP contribution < -0.4 is 10.1 Å². The van der Waals surface area contributed by atoms with Crippen LogP contribution in [0.5, 0.6) is 0 Å². The first-order valence-corrected chi connectivity index (χ1v) is 20.4. The van der Waals surface area contributed by atoms with E-state index in [-0.39, 0.29) is 31.2 Å². The predicted octanol–water partition coefficient (Wildman–Crippen LogP) is 12.2. The van der Waals surface area contributed by atoms with Crippen LogP contribution in [-0.4, -0.2) is 18.8 Å². The van der Waals surface area contributed by atoms with E-state index in [9.17, 15) is 9.59 Å². The first kappa shape index (κ1) is 40.4. The largest absolute Gasteiger partial charge is 0.519 e. The molecule has 7 aromatic carbocycles. The lowest BCUT2D eigenvalue weighted by atomic mass is 10.0. The Kier molecular flexibility index (Phi) is 13.7. The summed E-state index contributed by atoms with van der Waals surface area (Å²) in [6, 6.07) is 60.4. The van der Waals surface area contributed by atoms with Crippen molar-refractivity contribution < 1.29 is 37.4 Å². The average molecular weight is 805 g/mol. The van der Waals surface area contributed by atoms with Crippen LogP contribution in [-0.2, 0) is 47.4 Å². The van der Waals surface area contributed by atoms with Gasteiger partial charge in [-0.3, -0.25) is 4.52 Å². The number of hydrogen-bond acceptors (Lipinski definition) is 8. The Morgan fingerprint density at radius 1 is 0.441 bits per heavy atom. The summed E-state index contributed by atoms with van der Waals surface area (Å²) in [6.45, 7) is -0.474. The lowest BCUT2D eigenvalue weighted by Gasteiger charge is -2.29. The maximum Gasteiger partial charge on any atom is 0.519 e. The number of hydrogen-bond donors (Lipinski definition) is 0. The molecule has 0 aromatic heterocycles. The highest BCUT2D eigenvalue weighted by molar-refractivity contribution is 7.48. The summed E-state index contributed by atoms with van der Waals surface area (Å²) in [7, 11) is -4.96. The number of carbonyl (C=O) groups is 2. The van der Waals surface area contributed by atoms with E-state index >= 15 is 4.57 Å². The topological polar surface area (TPSA) is 104 Å². The summed E-state index contributed by atoms with van der Waals surface area (Å²) in [5.41, 5.74) is 6.28. The van der Waals surface area contributed by atoms with Crippen LogP contribution >= 0.6 is 7.82 Å².